The highest BCUT2D eigenvalue weighted by Crippen LogP contribution is 2.15. The van der Waals surface area contributed by atoms with Crippen molar-refractivity contribution in [1.29, 1.82) is 0 Å². The average Bonchev–Trinajstić information content (AvgIpc) is 2.90. The van der Waals surface area contributed by atoms with Gasteiger partial charge in [-0.15, -0.1) is 0 Å². The normalized spacial score (nSPS) is 9.58. The van der Waals surface area contributed by atoms with Crippen LogP contribution in [0.15, 0.2) is 66.9 Å². The highest BCUT2D eigenvalue weighted by atomic mass is 16.5. The summed E-state index contributed by atoms with van der Waals surface area (Å²) in [4.78, 5) is 26.6. The zero-order valence-electron chi connectivity index (χ0n) is 22.1. The Morgan fingerprint density at radius 2 is 1.50 bits per heavy atom. The van der Waals surface area contributed by atoms with Crippen molar-refractivity contribution in [1.82, 2.24) is 10.3 Å². The van der Waals surface area contributed by atoms with Crippen LogP contribution in [0.1, 0.15) is 68.4 Å². The molecule has 2 aromatic carbocycles. The van der Waals surface area contributed by atoms with Gasteiger partial charge in [0.05, 0.1) is 12.8 Å². The number of benzene rings is 2. The fourth-order valence-corrected chi connectivity index (χ4v) is 2.80. The third-order valence-electron chi connectivity index (χ3n) is 5.04. The molecule has 0 radical (unpaired) electrons. The Bertz CT molecular complexity index is 1030. The van der Waals surface area contributed by atoms with Gasteiger partial charge in [0.25, 0.3) is 5.91 Å². The highest BCUT2D eigenvalue weighted by Gasteiger charge is 2.08. The first-order valence-electron chi connectivity index (χ1n) is 12.3. The van der Waals surface area contributed by atoms with Gasteiger partial charge in [-0.1, -0.05) is 64.3 Å². The second-order valence-corrected chi connectivity index (χ2v) is 8.10. The van der Waals surface area contributed by atoms with Gasteiger partial charge in [0.2, 0.25) is 5.91 Å². The summed E-state index contributed by atoms with van der Waals surface area (Å²) >= 11 is 0. The minimum Gasteiger partial charge on any atom is -0.497 e. The molecule has 7 heteroatoms. The first kappa shape index (κ1) is 30.2. The van der Waals surface area contributed by atoms with Crippen LogP contribution in [0.4, 0.5) is 11.5 Å². The summed E-state index contributed by atoms with van der Waals surface area (Å²) in [5.74, 6) is 0.948. The summed E-state index contributed by atoms with van der Waals surface area (Å²) in [7, 11) is 1.63. The SMILES string of the molecule is CCCC.CCCc1ccc(C(=O)Nc2cccnc2N)cc1.COc1ccc(CNC(C)=O)cc1. The number of carbonyl (C=O) groups excluding carboxylic acids is 2. The van der Waals surface area contributed by atoms with Crippen LogP contribution in [-0.2, 0) is 17.8 Å². The molecule has 0 bridgehead atoms. The van der Waals surface area contributed by atoms with E-state index in [0.29, 0.717) is 23.6 Å². The number of amides is 2. The summed E-state index contributed by atoms with van der Waals surface area (Å²) in [6.45, 7) is 8.56. The molecule has 0 saturated heterocycles. The van der Waals surface area contributed by atoms with E-state index in [-0.39, 0.29) is 11.8 Å². The third-order valence-corrected chi connectivity index (χ3v) is 5.04. The van der Waals surface area contributed by atoms with Gasteiger partial charge in [0.15, 0.2) is 0 Å². The van der Waals surface area contributed by atoms with Crippen molar-refractivity contribution in [3.05, 3.63) is 83.6 Å². The molecule has 1 heterocycles. The second-order valence-electron chi connectivity index (χ2n) is 8.10. The number of pyridine rings is 1. The number of nitrogens with zero attached hydrogens (tertiary/aromatic N) is 1. The molecule has 2 amide bonds. The van der Waals surface area contributed by atoms with Crippen LogP contribution in [0.3, 0.4) is 0 Å². The van der Waals surface area contributed by atoms with Gasteiger partial charge in [-0.05, 0) is 53.9 Å². The smallest absolute Gasteiger partial charge is 0.255 e. The Labute approximate surface area is 215 Å². The molecule has 194 valence electrons. The van der Waals surface area contributed by atoms with Crippen LogP contribution < -0.4 is 21.1 Å². The van der Waals surface area contributed by atoms with Crippen LogP contribution in [0.5, 0.6) is 5.75 Å². The molecule has 4 N–H and O–H groups in total. The number of hydrogen-bond acceptors (Lipinski definition) is 5. The highest BCUT2D eigenvalue weighted by molar-refractivity contribution is 6.05. The van der Waals surface area contributed by atoms with E-state index in [1.165, 1.54) is 25.3 Å². The lowest BCUT2D eigenvalue weighted by atomic mass is 10.1. The van der Waals surface area contributed by atoms with Gasteiger partial charge in [-0.25, -0.2) is 4.98 Å². The second kappa shape index (κ2) is 17.5. The number of aryl methyl sites for hydroxylation is 1. The molecule has 3 aromatic rings. The molecule has 0 aliphatic rings. The molecule has 0 atom stereocenters. The number of carbonyl (C=O) groups is 2. The zero-order chi connectivity index (χ0) is 26.8. The first-order valence-corrected chi connectivity index (χ1v) is 12.3. The lowest BCUT2D eigenvalue weighted by Crippen LogP contribution is -2.18. The average molecular weight is 493 g/mol. The number of nitrogen functional groups attached to an aromatic ring is 1. The Morgan fingerprint density at radius 3 is 2.00 bits per heavy atom. The van der Waals surface area contributed by atoms with E-state index in [0.717, 1.165) is 24.2 Å². The van der Waals surface area contributed by atoms with Gasteiger partial charge in [0.1, 0.15) is 11.6 Å². The Kier molecular flexibility index (Phi) is 14.7. The monoisotopic (exact) mass is 492 g/mol. The zero-order valence-corrected chi connectivity index (χ0v) is 22.1. The number of methoxy groups -OCH3 is 1. The molecule has 0 fully saturated rings. The van der Waals surface area contributed by atoms with Crippen molar-refractivity contribution in [2.45, 2.75) is 59.9 Å². The van der Waals surface area contributed by atoms with E-state index < -0.39 is 0 Å². The molecule has 0 unspecified atom stereocenters. The maximum Gasteiger partial charge on any atom is 0.255 e. The van der Waals surface area contributed by atoms with Crippen LogP contribution in [-0.4, -0.2) is 23.9 Å². The third kappa shape index (κ3) is 12.0. The largest absolute Gasteiger partial charge is 0.497 e. The van der Waals surface area contributed by atoms with Crippen molar-refractivity contribution in [3.8, 4) is 5.75 Å². The molecule has 7 nitrogen and oxygen atoms in total. The predicted octanol–water partition coefficient (Wildman–Crippen LogP) is 6.01. The maximum absolute atomic E-state index is 12.0. The number of rotatable bonds is 8. The van der Waals surface area contributed by atoms with E-state index in [1.54, 1.807) is 25.4 Å². The molecule has 0 aliphatic carbocycles. The molecule has 1 aromatic heterocycles. The number of unbranched alkanes of at least 4 members (excludes halogenated alkanes) is 1. The number of aromatic nitrogens is 1. The Morgan fingerprint density at radius 1 is 0.889 bits per heavy atom. The van der Waals surface area contributed by atoms with Gasteiger partial charge in [-0.3, -0.25) is 9.59 Å². The maximum atomic E-state index is 12.0. The van der Waals surface area contributed by atoms with E-state index >= 15 is 0 Å². The minimum atomic E-state index is -0.178. The topological polar surface area (TPSA) is 106 Å². The molecule has 0 spiro atoms. The van der Waals surface area contributed by atoms with Crippen LogP contribution in [0.2, 0.25) is 0 Å². The number of ether oxygens (including phenoxy) is 1. The van der Waals surface area contributed by atoms with Crippen molar-refractivity contribution < 1.29 is 14.3 Å². The lowest BCUT2D eigenvalue weighted by molar-refractivity contribution is -0.119. The summed E-state index contributed by atoms with van der Waals surface area (Å²) in [5, 5.41) is 5.47. The van der Waals surface area contributed by atoms with Crippen molar-refractivity contribution in [2.75, 3.05) is 18.2 Å². The molecular formula is C29H40N4O3. The Hall–Kier alpha value is -3.87. The Balaban J connectivity index is 0.000000330. The number of anilines is 2. The number of hydrogen-bond donors (Lipinski definition) is 3. The number of nitrogens with two attached hydrogens (primary N) is 1. The molecule has 0 saturated carbocycles. The molecule has 3 rings (SSSR count). The van der Waals surface area contributed by atoms with E-state index in [9.17, 15) is 9.59 Å². The summed E-state index contributed by atoms with van der Waals surface area (Å²) in [6, 6.07) is 18.7. The lowest BCUT2D eigenvalue weighted by Gasteiger charge is -2.07. The number of nitrogens with one attached hydrogen (secondary N) is 2. The van der Waals surface area contributed by atoms with Gasteiger partial charge in [0, 0.05) is 25.2 Å². The van der Waals surface area contributed by atoms with Crippen LogP contribution >= 0.6 is 0 Å². The first-order chi connectivity index (χ1) is 17.3. The van der Waals surface area contributed by atoms with Gasteiger partial charge in [-0.2, -0.15) is 0 Å². The van der Waals surface area contributed by atoms with E-state index in [2.05, 4.69) is 36.4 Å². The fourth-order valence-electron chi connectivity index (χ4n) is 2.80. The van der Waals surface area contributed by atoms with Gasteiger partial charge >= 0.3 is 0 Å². The van der Waals surface area contributed by atoms with E-state index in [1.807, 2.05) is 48.5 Å². The summed E-state index contributed by atoms with van der Waals surface area (Å²) in [5.41, 5.74) is 9.13. The van der Waals surface area contributed by atoms with E-state index in [4.69, 9.17) is 10.5 Å². The van der Waals surface area contributed by atoms with Crippen molar-refractivity contribution in [2.24, 2.45) is 0 Å². The van der Waals surface area contributed by atoms with Crippen LogP contribution in [0.25, 0.3) is 0 Å². The summed E-state index contributed by atoms with van der Waals surface area (Å²) in [6.07, 6.45) is 6.35. The van der Waals surface area contributed by atoms with Crippen molar-refractivity contribution >= 4 is 23.3 Å². The predicted molar refractivity (Wildman–Crippen MR) is 148 cm³/mol. The molecular weight excluding hydrogens is 452 g/mol. The van der Waals surface area contributed by atoms with Crippen LogP contribution in [0, 0.1) is 0 Å². The standard InChI is InChI=1S/C15H17N3O.C10H13NO2.C4H10/c1-2-4-11-6-8-12(9-7-11)15(19)18-13-5-3-10-17-14(13)16;1-8(12)11-7-9-3-5-10(13-2)6-4-9;1-3-4-2/h3,5-10H,2,4H2,1H3,(H2,16,17)(H,18,19);3-6H,7H2,1-2H3,(H,11,12);3-4H2,1-2H3. The molecule has 0 aliphatic heterocycles. The molecule has 36 heavy (non-hydrogen) atoms. The minimum absolute atomic E-state index is 0.0178. The summed E-state index contributed by atoms with van der Waals surface area (Å²) < 4.78 is 5.01. The quantitative estimate of drug-likeness (QED) is 0.357. The van der Waals surface area contributed by atoms with Crippen molar-refractivity contribution in [3.63, 3.8) is 0 Å². The van der Waals surface area contributed by atoms with Gasteiger partial charge < -0.3 is 21.1 Å². The fraction of sp³-hybridized carbons (Fsp3) is 0.345.